The Morgan fingerprint density at radius 2 is 2.09 bits per heavy atom. The van der Waals surface area contributed by atoms with Crippen molar-refractivity contribution in [1.82, 2.24) is 14.9 Å². The lowest BCUT2D eigenvalue weighted by Crippen LogP contribution is -2.34. The molecule has 4 atom stereocenters. The lowest BCUT2D eigenvalue weighted by molar-refractivity contribution is -0.143. The van der Waals surface area contributed by atoms with E-state index in [2.05, 4.69) is 29.4 Å². The number of carboxylic acid groups (broad SMARTS) is 1. The number of aromatic nitrogens is 2. The molecular weight excluding hydrogens is 443 g/mol. The molecule has 2 N–H and O–H groups in total. The van der Waals surface area contributed by atoms with Gasteiger partial charge in [0.2, 0.25) is 0 Å². The van der Waals surface area contributed by atoms with Gasteiger partial charge in [-0.2, -0.15) is 0 Å². The summed E-state index contributed by atoms with van der Waals surface area (Å²) in [6.45, 7) is 3.29. The highest BCUT2D eigenvalue weighted by Gasteiger charge is 2.39. The van der Waals surface area contributed by atoms with E-state index in [0.717, 1.165) is 67.7 Å². The van der Waals surface area contributed by atoms with Crippen LogP contribution in [0.3, 0.4) is 0 Å². The highest BCUT2D eigenvalue weighted by atomic mass is 19.1. The monoisotopic (exact) mass is 480 g/mol. The van der Waals surface area contributed by atoms with Crippen LogP contribution in [0.4, 0.5) is 10.2 Å². The largest absolute Gasteiger partial charge is 0.480 e. The zero-order valence-corrected chi connectivity index (χ0v) is 20.6. The van der Waals surface area contributed by atoms with Crippen LogP contribution in [0, 0.1) is 5.92 Å². The molecule has 0 bridgehead atoms. The van der Waals surface area contributed by atoms with Crippen molar-refractivity contribution in [1.29, 1.82) is 0 Å². The minimum Gasteiger partial charge on any atom is -0.480 e. The van der Waals surface area contributed by atoms with Gasteiger partial charge in [-0.25, -0.2) is 9.37 Å². The normalized spacial score (nSPS) is 23.9. The molecular formula is C28H37FN4O2. The molecule has 0 aromatic carbocycles. The number of fused-ring (bicyclic) bond motifs is 1. The molecule has 6 nitrogen and oxygen atoms in total. The summed E-state index contributed by atoms with van der Waals surface area (Å²) in [4.78, 5) is 23.5. The van der Waals surface area contributed by atoms with Crippen LogP contribution in [0.5, 0.6) is 0 Å². The number of aliphatic carboxylic acids is 1. The third kappa shape index (κ3) is 5.66. The number of likely N-dealkylation sites (tertiary alicyclic amines) is 1. The van der Waals surface area contributed by atoms with Crippen molar-refractivity contribution in [2.45, 2.75) is 88.9 Å². The van der Waals surface area contributed by atoms with Gasteiger partial charge >= 0.3 is 5.97 Å². The Morgan fingerprint density at radius 3 is 2.89 bits per heavy atom. The lowest BCUT2D eigenvalue weighted by atomic mass is 9.97. The fourth-order valence-electron chi connectivity index (χ4n) is 5.74. The minimum atomic E-state index is -0.898. The van der Waals surface area contributed by atoms with Gasteiger partial charge in [0.25, 0.3) is 0 Å². The maximum atomic E-state index is 15.1. The number of rotatable bonds is 10. The Hall–Kier alpha value is -2.54. The molecule has 5 rings (SSSR count). The van der Waals surface area contributed by atoms with Crippen LogP contribution in [-0.4, -0.2) is 51.2 Å². The molecule has 2 aromatic rings. The minimum absolute atomic E-state index is 0.106. The second-order valence-corrected chi connectivity index (χ2v) is 10.7. The van der Waals surface area contributed by atoms with Gasteiger partial charge in [0.1, 0.15) is 18.0 Å². The Bertz CT molecular complexity index is 1040. The van der Waals surface area contributed by atoms with Crippen molar-refractivity contribution in [2.75, 3.05) is 18.4 Å². The van der Waals surface area contributed by atoms with E-state index in [0.29, 0.717) is 37.9 Å². The van der Waals surface area contributed by atoms with Crippen LogP contribution in [-0.2, 0) is 17.6 Å². The van der Waals surface area contributed by atoms with Crippen LogP contribution >= 0.6 is 0 Å². The number of halogens is 1. The summed E-state index contributed by atoms with van der Waals surface area (Å²) in [6, 6.07) is 7.72. The number of carbonyl (C=O) groups is 1. The average Bonchev–Trinajstić information content (AvgIpc) is 3.59. The molecule has 0 amide bonds. The molecule has 188 valence electrons. The van der Waals surface area contributed by atoms with E-state index in [4.69, 9.17) is 4.98 Å². The maximum Gasteiger partial charge on any atom is 0.325 e. The summed E-state index contributed by atoms with van der Waals surface area (Å²) < 4.78 is 15.1. The zero-order valence-electron chi connectivity index (χ0n) is 20.6. The van der Waals surface area contributed by atoms with Crippen molar-refractivity contribution in [2.24, 2.45) is 5.92 Å². The number of alkyl halides is 1. The smallest absolute Gasteiger partial charge is 0.325 e. The molecule has 4 heterocycles. The molecule has 3 aliphatic rings. The highest BCUT2D eigenvalue weighted by molar-refractivity contribution is 5.76. The van der Waals surface area contributed by atoms with Gasteiger partial charge in [-0.05, 0) is 82.5 Å². The van der Waals surface area contributed by atoms with Crippen LogP contribution in [0.15, 0.2) is 30.5 Å². The number of nitrogens with zero attached hydrogens (tertiary/aromatic N) is 3. The molecule has 35 heavy (non-hydrogen) atoms. The van der Waals surface area contributed by atoms with Gasteiger partial charge in [0, 0.05) is 47.6 Å². The number of pyridine rings is 2. The second-order valence-electron chi connectivity index (χ2n) is 10.7. The van der Waals surface area contributed by atoms with Crippen molar-refractivity contribution in [3.8, 4) is 0 Å². The van der Waals surface area contributed by atoms with Gasteiger partial charge < -0.3 is 10.4 Å². The molecule has 1 saturated carbocycles. The number of aryl methyl sites for hydroxylation is 2. The first-order valence-corrected chi connectivity index (χ1v) is 13.3. The van der Waals surface area contributed by atoms with Crippen LogP contribution in [0.2, 0.25) is 0 Å². The average molecular weight is 481 g/mol. The van der Waals surface area contributed by atoms with E-state index in [-0.39, 0.29) is 5.92 Å². The maximum absolute atomic E-state index is 15.1. The predicted octanol–water partition coefficient (Wildman–Crippen LogP) is 5.30. The number of nitrogens with one attached hydrogen (secondary N) is 1. The number of carboxylic acids is 1. The summed E-state index contributed by atoms with van der Waals surface area (Å²) in [5, 5.41) is 13.5. The molecule has 0 spiro atoms. The third-order valence-corrected chi connectivity index (χ3v) is 7.93. The zero-order chi connectivity index (χ0) is 24.4. The standard InChI is InChI=1S/C28H37FN4O2/c1-18-8-9-20-12-13-22(32-27(20)31-18)5-2-3-7-24(29)21-14-16-33(17-21)26(28(34)35)23-6-4-15-30-25(23)19-10-11-19/h4,6,12-13,15,18-19,21,24,26H,2-3,5,7-11,14,16-17H2,1H3,(H,31,32)(H,34,35)/t18-,21-,24?,26-/m1/s1. The van der Waals surface area contributed by atoms with Gasteiger partial charge in [0.05, 0.1) is 0 Å². The molecule has 2 fully saturated rings. The first kappa shape index (κ1) is 24.2. The van der Waals surface area contributed by atoms with E-state index in [1.807, 2.05) is 17.0 Å². The van der Waals surface area contributed by atoms with E-state index >= 15 is 4.39 Å². The first-order valence-electron chi connectivity index (χ1n) is 13.3. The first-order chi connectivity index (χ1) is 17.0. The molecule has 7 heteroatoms. The Labute approximate surface area is 207 Å². The SMILES string of the molecule is C[C@@H]1CCc2ccc(CCCCC(F)[C@@H]3CCN([C@@H](C(=O)O)c4cccnc4C4CC4)C3)nc2N1. The number of anilines is 1. The van der Waals surface area contributed by atoms with E-state index in [9.17, 15) is 9.90 Å². The van der Waals surface area contributed by atoms with E-state index in [1.54, 1.807) is 6.20 Å². The van der Waals surface area contributed by atoms with Crippen LogP contribution in [0.25, 0.3) is 0 Å². The Morgan fingerprint density at radius 1 is 1.23 bits per heavy atom. The molecule has 0 radical (unpaired) electrons. The van der Waals surface area contributed by atoms with Gasteiger partial charge in [-0.3, -0.25) is 14.7 Å². The van der Waals surface area contributed by atoms with Crippen molar-refractivity contribution >= 4 is 11.8 Å². The Balaban J connectivity index is 1.12. The molecule has 1 unspecified atom stereocenters. The van der Waals surface area contributed by atoms with Crippen molar-refractivity contribution < 1.29 is 14.3 Å². The summed E-state index contributed by atoms with van der Waals surface area (Å²) in [5.41, 5.74) is 4.07. The van der Waals surface area contributed by atoms with Gasteiger partial charge in [-0.15, -0.1) is 0 Å². The quantitative estimate of drug-likeness (QED) is 0.450. The molecule has 1 aliphatic carbocycles. The fourth-order valence-corrected chi connectivity index (χ4v) is 5.74. The van der Waals surface area contributed by atoms with Crippen molar-refractivity contribution in [3.05, 3.63) is 53.0 Å². The summed E-state index contributed by atoms with van der Waals surface area (Å²) >= 11 is 0. The predicted molar refractivity (Wildman–Crippen MR) is 134 cm³/mol. The molecule has 2 aliphatic heterocycles. The van der Waals surface area contributed by atoms with E-state index in [1.165, 1.54) is 5.56 Å². The number of hydrogen-bond acceptors (Lipinski definition) is 5. The molecule has 1 saturated heterocycles. The van der Waals surface area contributed by atoms with Gasteiger partial charge in [-0.1, -0.05) is 18.6 Å². The Kier molecular flexibility index (Phi) is 7.32. The van der Waals surface area contributed by atoms with Gasteiger partial charge in [0.15, 0.2) is 0 Å². The van der Waals surface area contributed by atoms with Crippen LogP contribution in [0.1, 0.15) is 86.3 Å². The fraction of sp³-hybridized carbons (Fsp3) is 0.607. The molecule has 2 aromatic heterocycles. The second kappa shape index (κ2) is 10.6. The van der Waals surface area contributed by atoms with E-state index < -0.39 is 18.2 Å². The third-order valence-electron chi connectivity index (χ3n) is 7.93. The van der Waals surface area contributed by atoms with Crippen LogP contribution < -0.4 is 5.32 Å². The highest BCUT2D eigenvalue weighted by Crippen LogP contribution is 2.43. The summed E-state index contributed by atoms with van der Waals surface area (Å²) in [7, 11) is 0. The lowest BCUT2D eigenvalue weighted by Gasteiger charge is -2.26. The summed E-state index contributed by atoms with van der Waals surface area (Å²) in [5.74, 6) is 0.425. The number of unbranched alkanes of at least 4 members (excludes halogenated alkanes) is 1. The number of hydrogen-bond donors (Lipinski definition) is 2. The summed E-state index contributed by atoms with van der Waals surface area (Å²) in [6.07, 6.45) is 9.03. The van der Waals surface area contributed by atoms with Crippen molar-refractivity contribution in [3.63, 3.8) is 0 Å². The topological polar surface area (TPSA) is 78.4 Å².